The van der Waals surface area contributed by atoms with Gasteiger partial charge < -0.3 is 15.4 Å². The molecule has 26 heavy (non-hydrogen) atoms. The first-order chi connectivity index (χ1) is 12.3. The molecule has 0 saturated heterocycles. The predicted molar refractivity (Wildman–Crippen MR) is 98.6 cm³/mol. The summed E-state index contributed by atoms with van der Waals surface area (Å²) in [5.41, 5.74) is 0.794. The van der Waals surface area contributed by atoms with Gasteiger partial charge in [0.25, 0.3) is 0 Å². The number of rotatable bonds is 8. The topological polar surface area (TPSA) is 114 Å². The molecule has 0 aliphatic heterocycles. The molecule has 140 valence electrons. The van der Waals surface area contributed by atoms with Gasteiger partial charge in [0, 0.05) is 17.8 Å². The molecular weight excluding hydrogens is 378 g/mol. The lowest BCUT2D eigenvalue weighted by atomic mass is 10.2. The molecule has 0 fully saturated rings. The number of benzene rings is 1. The number of aromatic nitrogens is 1. The minimum atomic E-state index is -3.29. The third kappa shape index (κ3) is 7.19. The first-order valence-electron chi connectivity index (χ1n) is 7.69. The molecule has 0 aliphatic carbocycles. The van der Waals surface area contributed by atoms with Gasteiger partial charge in [-0.2, -0.15) is 0 Å². The number of hydrogen-bond acceptors (Lipinski definition) is 7. The van der Waals surface area contributed by atoms with E-state index >= 15 is 0 Å². The Hall–Kier alpha value is -2.46. The van der Waals surface area contributed by atoms with Crippen molar-refractivity contribution in [3.05, 3.63) is 47.5 Å². The molecule has 1 aromatic heterocycles. The van der Waals surface area contributed by atoms with Gasteiger partial charge in [-0.1, -0.05) is 30.3 Å². The van der Waals surface area contributed by atoms with E-state index in [2.05, 4.69) is 15.6 Å². The maximum absolute atomic E-state index is 12.3. The maximum Gasteiger partial charge on any atom is 0.408 e. The van der Waals surface area contributed by atoms with Crippen LogP contribution >= 0.6 is 11.3 Å². The molecular formula is C16H19N3O5S2. The first-order valence-corrected chi connectivity index (χ1v) is 10.6. The van der Waals surface area contributed by atoms with Gasteiger partial charge in [-0.05, 0) is 12.0 Å². The number of hydrogen-bond donors (Lipinski definition) is 2. The van der Waals surface area contributed by atoms with Crippen molar-refractivity contribution in [3.8, 4) is 0 Å². The van der Waals surface area contributed by atoms with Crippen LogP contribution in [0.5, 0.6) is 0 Å². The molecule has 2 N–H and O–H groups in total. The van der Waals surface area contributed by atoms with E-state index in [9.17, 15) is 18.0 Å². The molecule has 1 aromatic carbocycles. The third-order valence-corrected chi connectivity index (χ3v) is 4.93. The molecule has 2 rings (SSSR count). The fourth-order valence-corrected chi connectivity index (χ4v) is 3.18. The van der Waals surface area contributed by atoms with E-state index in [4.69, 9.17) is 4.74 Å². The van der Waals surface area contributed by atoms with Crippen LogP contribution in [0, 0.1) is 0 Å². The first kappa shape index (κ1) is 19.9. The standard InChI is InChI=1S/C16H19N3O5S2/c1-26(22,23)10-7-13(14(20)19-15-17-8-9-25-15)18-16(21)24-11-12-5-3-2-4-6-12/h2-6,8-9,13H,7,10-11H2,1H3,(H,18,21)(H,17,19,20). The van der Waals surface area contributed by atoms with Crippen LogP contribution in [-0.2, 0) is 26.0 Å². The van der Waals surface area contributed by atoms with Crippen LogP contribution in [0.2, 0.25) is 0 Å². The summed E-state index contributed by atoms with van der Waals surface area (Å²) in [7, 11) is -3.29. The number of anilines is 1. The van der Waals surface area contributed by atoms with Crippen molar-refractivity contribution in [3.63, 3.8) is 0 Å². The van der Waals surface area contributed by atoms with Crippen molar-refractivity contribution in [2.75, 3.05) is 17.3 Å². The Morgan fingerprint density at radius 2 is 2.00 bits per heavy atom. The van der Waals surface area contributed by atoms with Crippen molar-refractivity contribution in [1.29, 1.82) is 0 Å². The minimum absolute atomic E-state index is 0.0412. The Kier molecular flexibility index (Phi) is 7.10. The summed E-state index contributed by atoms with van der Waals surface area (Å²) >= 11 is 1.21. The second-order valence-corrected chi connectivity index (χ2v) is 8.66. The monoisotopic (exact) mass is 397 g/mol. The number of ether oxygens (including phenoxy) is 1. The van der Waals surface area contributed by atoms with Gasteiger partial charge in [0.15, 0.2) is 5.13 Å². The molecule has 0 saturated carbocycles. The van der Waals surface area contributed by atoms with Gasteiger partial charge in [-0.3, -0.25) is 4.79 Å². The minimum Gasteiger partial charge on any atom is -0.445 e. The van der Waals surface area contributed by atoms with E-state index in [-0.39, 0.29) is 18.8 Å². The number of carbonyl (C=O) groups excluding carboxylic acids is 2. The zero-order valence-corrected chi connectivity index (χ0v) is 15.7. The van der Waals surface area contributed by atoms with Gasteiger partial charge in [0.2, 0.25) is 5.91 Å². The summed E-state index contributed by atoms with van der Waals surface area (Å²) in [6, 6.07) is 8.00. The highest BCUT2D eigenvalue weighted by Gasteiger charge is 2.23. The van der Waals surface area contributed by atoms with E-state index in [1.807, 2.05) is 18.2 Å². The van der Waals surface area contributed by atoms with E-state index in [0.717, 1.165) is 11.8 Å². The zero-order chi connectivity index (χ0) is 19.0. The maximum atomic E-state index is 12.3. The SMILES string of the molecule is CS(=O)(=O)CCC(NC(=O)OCc1ccccc1)C(=O)Nc1nccs1. The number of nitrogens with one attached hydrogen (secondary N) is 2. The average molecular weight is 397 g/mol. The third-order valence-electron chi connectivity index (χ3n) is 3.26. The smallest absolute Gasteiger partial charge is 0.408 e. The summed E-state index contributed by atoms with van der Waals surface area (Å²) < 4.78 is 27.9. The van der Waals surface area contributed by atoms with Crippen molar-refractivity contribution in [1.82, 2.24) is 10.3 Å². The van der Waals surface area contributed by atoms with Crippen LogP contribution < -0.4 is 10.6 Å². The van der Waals surface area contributed by atoms with Gasteiger partial charge in [-0.25, -0.2) is 18.2 Å². The Morgan fingerprint density at radius 1 is 1.27 bits per heavy atom. The number of sulfone groups is 1. The molecule has 1 heterocycles. The Balaban J connectivity index is 1.95. The number of alkyl carbamates (subject to hydrolysis) is 1. The van der Waals surface area contributed by atoms with Crippen LogP contribution in [0.3, 0.4) is 0 Å². The van der Waals surface area contributed by atoms with Crippen molar-refractivity contribution in [2.45, 2.75) is 19.1 Å². The highest BCUT2D eigenvalue weighted by atomic mass is 32.2. The largest absolute Gasteiger partial charge is 0.445 e. The average Bonchev–Trinajstić information content (AvgIpc) is 3.09. The van der Waals surface area contributed by atoms with Crippen molar-refractivity contribution >= 4 is 38.3 Å². The van der Waals surface area contributed by atoms with E-state index in [1.54, 1.807) is 17.5 Å². The molecule has 2 amide bonds. The second kappa shape index (κ2) is 9.30. The molecule has 10 heteroatoms. The van der Waals surface area contributed by atoms with Crippen LogP contribution in [0.15, 0.2) is 41.9 Å². The van der Waals surface area contributed by atoms with Gasteiger partial charge in [0.1, 0.15) is 22.5 Å². The number of thiazole rings is 1. The zero-order valence-electron chi connectivity index (χ0n) is 14.0. The van der Waals surface area contributed by atoms with Gasteiger partial charge >= 0.3 is 6.09 Å². The Labute approximate surface area is 155 Å². The van der Waals surface area contributed by atoms with Crippen LogP contribution in [0.25, 0.3) is 0 Å². The van der Waals surface area contributed by atoms with Gasteiger partial charge in [0.05, 0.1) is 5.75 Å². The molecule has 0 spiro atoms. The van der Waals surface area contributed by atoms with E-state index in [0.29, 0.717) is 5.13 Å². The normalized spacial score (nSPS) is 12.2. The highest BCUT2D eigenvalue weighted by Crippen LogP contribution is 2.11. The Morgan fingerprint density at radius 3 is 2.62 bits per heavy atom. The molecule has 0 bridgehead atoms. The molecule has 2 aromatic rings. The lowest BCUT2D eigenvalue weighted by molar-refractivity contribution is -0.118. The summed E-state index contributed by atoms with van der Waals surface area (Å²) in [6.45, 7) is 0.0412. The predicted octanol–water partition coefficient (Wildman–Crippen LogP) is 1.81. The van der Waals surface area contributed by atoms with Crippen molar-refractivity contribution in [2.24, 2.45) is 0 Å². The molecule has 0 aliphatic rings. The second-order valence-electron chi connectivity index (χ2n) is 5.50. The molecule has 8 nitrogen and oxygen atoms in total. The highest BCUT2D eigenvalue weighted by molar-refractivity contribution is 7.90. The summed E-state index contributed by atoms with van der Waals surface area (Å²) in [5.74, 6) is -0.803. The molecule has 0 radical (unpaired) electrons. The fraction of sp³-hybridized carbons (Fsp3) is 0.312. The lowest BCUT2D eigenvalue weighted by Gasteiger charge is -2.17. The van der Waals surface area contributed by atoms with Crippen LogP contribution in [0.4, 0.5) is 9.93 Å². The van der Waals surface area contributed by atoms with Crippen LogP contribution in [-0.4, -0.2) is 43.5 Å². The lowest BCUT2D eigenvalue weighted by Crippen LogP contribution is -2.45. The summed E-state index contributed by atoms with van der Waals surface area (Å²) in [4.78, 5) is 28.2. The molecule has 1 atom stereocenters. The summed E-state index contributed by atoms with van der Waals surface area (Å²) in [5, 5.41) is 7.00. The fourth-order valence-electron chi connectivity index (χ4n) is 1.99. The van der Waals surface area contributed by atoms with Gasteiger partial charge in [-0.15, -0.1) is 11.3 Å². The van der Waals surface area contributed by atoms with Crippen molar-refractivity contribution < 1.29 is 22.7 Å². The van der Waals surface area contributed by atoms with E-state index in [1.165, 1.54) is 17.5 Å². The number of carbonyl (C=O) groups is 2. The number of nitrogens with zero attached hydrogens (tertiary/aromatic N) is 1. The van der Waals surface area contributed by atoms with E-state index < -0.39 is 27.9 Å². The summed E-state index contributed by atoms with van der Waals surface area (Å²) in [6.07, 6.45) is 1.71. The molecule has 1 unspecified atom stereocenters. The quantitative estimate of drug-likeness (QED) is 0.702. The van der Waals surface area contributed by atoms with Crippen LogP contribution in [0.1, 0.15) is 12.0 Å². The Bertz CT molecular complexity index is 823. The number of amides is 2.